The Balaban J connectivity index is 2.03. The lowest BCUT2D eigenvalue weighted by atomic mass is 10.3. The summed E-state index contributed by atoms with van der Waals surface area (Å²) in [5.41, 5.74) is 0. The minimum atomic E-state index is -0.394. The lowest BCUT2D eigenvalue weighted by molar-refractivity contribution is 0.181. The normalized spacial score (nSPS) is 18.9. The van der Waals surface area contributed by atoms with Gasteiger partial charge in [0.15, 0.2) is 0 Å². The van der Waals surface area contributed by atoms with Crippen molar-refractivity contribution < 1.29 is 5.11 Å². The first-order valence-corrected chi connectivity index (χ1v) is 5.41. The van der Waals surface area contributed by atoms with Crippen LogP contribution in [0, 0.1) is 0 Å². The minimum absolute atomic E-state index is 0.394. The van der Waals surface area contributed by atoms with Crippen LogP contribution in [-0.2, 0) is 0 Å². The Labute approximate surface area is 81.8 Å². The van der Waals surface area contributed by atoms with Crippen molar-refractivity contribution >= 4 is 11.3 Å². The van der Waals surface area contributed by atoms with Crippen LogP contribution in [0.3, 0.4) is 0 Å². The topological polar surface area (TPSA) is 45.1 Å². The molecule has 1 aliphatic rings. The van der Waals surface area contributed by atoms with Crippen molar-refractivity contribution in [1.29, 1.82) is 0 Å². The molecule has 2 N–H and O–H groups in total. The van der Waals surface area contributed by atoms with Gasteiger partial charge in [0.25, 0.3) is 0 Å². The number of hydrogen-bond acceptors (Lipinski definition) is 4. The highest BCUT2D eigenvalue weighted by molar-refractivity contribution is 7.11. The molecule has 1 heterocycles. The van der Waals surface area contributed by atoms with Crippen LogP contribution in [0.2, 0.25) is 0 Å². The first-order valence-electron chi connectivity index (χ1n) is 4.59. The SMILES string of the molecule is CNCC(O)c1cnc(C2CC2)s1. The summed E-state index contributed by atoms with van der Waals surface area (Å²) in [4.78, 5) is 5.29. The van der Waals surface area contributed by atoms with E-state index in [0.29, 0.717) is 12.5 Å². The van der Waals surface area contributed by atoms with E-state index in [1.165, 1.54) is 17.8 Å². The molecule has 1 aromatic heterocycles. The molecule has 72 valence electrons. The van der Waals surface area contributed by atoms with Gasteiger partial charge in [-0.2, -0.15) is 0 Å². The molecule has 0 radical (unpaired) electrons. The van der Waals surface area contributed by atoms with Crippen molar-refractivity contribution in [3.05, 3.63) is 16.1 Å². The highest BCUT2D eigenvalue weighted by atomic mass is 32.1. The Kier molecular flexibility index (Phi) is 2.62. The summed E-state index contributed by atoms with van der Waals surface area (Å²) in [6, 6.07) is 0. The van der Waals surface area contributed by atoms with E-state index in [4.69, 9.17) is 0 Å². The highest BCUT2D eigenvalue weighted by Crippen LogP contribution is 2.42. The quantitative estimate of drug-likeness (QED) is 0.766. The Morgan fingerprint density at radius 1 is 1.77 bits per heavy atom. The molecule has 2 rings (SSSR count). The van der Waals surface area contributed by atoms with Crippen LogP contribution in [0.4, 0.5) is 0 Å². The molecule has 0 saturated heterocycles. The maximum Gasteiger partial charge on any atom is 0.102 e. The van der Waals surface area contributed by atoms with Gasteiger partial charge in [-0.15, -0.1) is 11.3 Å². The summed E-state index contributed by atoms with van der Waals surface area (Å²) >= 11 is 1.65. The Hall–Kier alpha value is -0.450. The number of thiazole rings is 1. The van der Waals surface area contributed by atoms with Crippen molar-refractivity contribution in [1.82, 2.24) is 10.3 Å². The van der Waals surface area contributed by atoms with Crippen LogP contribution in [0.5, 0.6) is 0 Å². The number of nitrogens with one attached hydrogen (secondary N) is 1. The van der Waals surface area contributed by atoms with Gasteiger partial charge < -0.3 is 10.4 Å². The lowest BCUT2D eigenvalue weighted by Gasteiger charge is -2.05. The third-order valence-corrected chi connectivity index (χ3v) is 3.46. The van der Waals surface area contributed by atoms with E-state index in [2.05, 4.69) is 10.3 Å². The molecule has 3 nitrogen and oxygen atoms in total. The van der Waals surface area contributed by atoms with Gasteiger partial charge >= 0.3 is 0 Å². The first-order chi connectivity index (χ1) is 6.31. The Morgan fingerprint density at radius 2 is 2.54 bits per heavy atom. The predicted molar refractivity (Wildman–Crippen MR) is 53.0 cm³/mol. The number of nitrogens with zero attached hydrogens (tertiary/aromatic N) is 1. The average molecular weight is 198 g/mol. The summed E-state index contributed by atoms with van der Waals surface area (Å²) in [5.74, 6) is 0.695. The second kappa shape index (κ2) is 3.74. The molecular weight excluding hydrogens is 184 g/mol. The van der Waals surface area contributed by atoms with Crippen molar-refractivity contribution in [3.63, 3.8) is 0 Å². The van der Waals surface area contributed by atoms with Crippen molar-refractivity contribution in [2.75, 3.05) is 13.6 Å². The number of aromatic nitrogens is 1. The average Bonchev–Trinajstić information content (AvgIpc) is 2.84. The standard InChI is InChI=1S/C9H14N2OS/c1-10-4-7(12)8-5-11-9(13-8)6-2-3-6/h5-7,10,12H,2-4H2,1H3. The van der Waals surface area contributed by atoms with E-state index >= 15 is 0 Å². The van der Waals surface area contributed by atoms with Gasteiger partial charge in [0.2, 0.25) is 0 Å². The molecule has 0 spiro atoms. The summed E-state index contributed by atoms with van der Waals surface area (Å²) in [7, 11) is 1.84. The van der Waals surface area contributed by atoms with Crippen LogP contribution in [-0.4, -0.2) is 23.7 Å². The van der Waals surface area contributed by atoms with Gasteiger partial charge in [-0.1, -0.05) is 0 Å². The van der Waals surface area contributed by atoms with Crippen LogP contribution in [0.25, 0.3) is 0 Å². The zero-order valence-corrected chi connectivity index (χ0v) is 8.47. The summed E-state index contributed by atoms with van der Waals surface area (Å²) in [5, 5.41) is 13.8. The van der Waals surface area contributed by atoms with Crippen molar-refractivity contribution in [3.8, 4) is 0 Å². The Bertz CT molecular complexity index is 283. The number of likely N-dealkylation sites (N-methyl/N-ethyl adjacent to an activating group) is 1. The molecule has 0 aromatic carbocycles. The van der Waals surface area contributed by atoms with Crippen LogP contribution in [0.15, 0.2) is 6.20 Å². The highest BCUT2D eigenvalue weighted by Gasteiger charge is 2.27. The molecule has 1 atom stereocenters. The number of aliphatic hydroxyl groups is 1. The number of rotatable bonds is 4. The molecule has 1 aliphatic carbocycles. The molecular formula is C9H14N2OS. The fraction of sp³-hybridized carbons (Fsp3) is 0.667. The summed E-state index contributed by atoms with van der Waals surface area (Å²) < 4.78 is 0. The molecule has 1 saturated carbocycles. The van der Waals surface area contributed by atoms with Gasteiger partial charge in [-0.25, -0.2) is 4.98 Å². The molecule has 1 aromatic rings. The van der Waals surface area contributed by atoms with Gasteiger partial charge in [0, 0.05) is 18.7 Å². The van der Waals surface area contributed by atoms with E-state index in [9.17, 15) is 5.11 Å². The fourth-order valence-electron chi connectivity index (χ4n) is 1.27. The number of aliphatic hydroxyl groups excluding tert-OH is 1. The monoisotopic (exact) mass is 198 g/mol. The zero-order chi connectivity index (χ0) is 9.26. The smallest absolute Gasteiger partial charge is 0.102 e. The van der Waals surface area contributed by atoms with Crippen molar-refractivity contribution in [2.24, 2.45) is 0 Å². The fourth-order valence-corrected chi connectivity index (χ4v) is 2.34. The van der Waals surface area contributed by atoms with E-state index in [1.54, 1.807) is 17.5 Å². The number of hydrogen-bond donors (Lipinski definition) is 2. The molecule has 0 aliphatic heterocycles. The maximum absolute atomic E-state index is 9.64. The Morgan fingerprint density at radius 3 is 3.15 bits per heavy atom. The first kappa shape index (κ1) is 9.12. The maximum atomic E-state index is 9.64. The second-order valence-electron chi connectivity index (χ2n) is 3.45. The molecule has 0 bridgehead atoms. The van der Waals surface area contributed by atoms with E-state index < -0.39 is 6.10 Å². The lowest BCUT2D eigenvalue weighted by Crippen LogP contribution is -2.15. The van der Waals surface area contributed by atoms with Crippen LogP contribution in [0.1, 0.15) is 34.7 Å². The van der Waals surface area contributed by atoms with Gasteiger partial charge in [-0.05, 0) is 19.9 Å². The third kappa shape index (κ3) is 2.07. The van der Waals surface area contributed by atoms with Crippen LogP contribution < -0.4 is 5.32 Å². The summed E-state index contributed by atoms with van der Waals surface area (Å²) in [6.45, 7) is 0.603. The third-order valence-electron chi connectivity index (χ3n) is 2.19. The van der Waals surface area contributed by atoms with Gasteiger partial charge in [0.1, 0.15) is 6.10 Å². The van der Waals surface area contributed by atoms with E-state index in [0.717, 1.165) is 4.88 Å². The van der Waals surface area contributed by atoms with E-state index in [1.807, 2.05) is 7.05 Å². The summed E-state index contributed by atoms with van der Waals surface area (Å²) in [6.07, 6.45) is 3.96. The molecule has 1 unspecified atom stereocenters. The molecule has 4 heteroatoms. The molecule has 13 heavy (non-hydrogen) atoms. The predicted octanol–water partition coefficient (Wildman–Crippen LogP) is 1.27. The largest absolute Gasteiger partial charge is 0.386 e. The van der Waals surface area contributed by atoms with Gasteiger partial charge in [0.05, 0.1) is 9.88 Å². The zero-order valence-electron chi connectivity index (χ0n) is 7.66. The second-order valence-corrected chi connectivity index (χ2v) is 4.54. The molecule has 0 amide bonds. The van der Waals surface area contributed by atoms with E-state index in [-0.39, 0.29) is 0 Å². The van der Waals surface area contributed by atoms with Gasteiger partial charge in [-0.3, -0.25) is 0 Å². The van der Waals surface area contributed by atoms with Crippen LogP contribution >= 0.6 is 11.3 Å². The minimum Gasteiger partial charge on any atom is -0.386 e. The van der Waals surface area contributed by atoms with Crippen molar-refractivity contribution in [2.45, 2.75) is 24.9 Å². The molecule has 1 fully saturated rings.